The van der Waals surface area contributed by atoms with Gasteiger partial charge >= 0.3 is 5.97 Å². The molecule has 0 radical (unpaired) electrons. The summed E-state index contributed by atoms with van der Waals surface area (Å²) in [6.45, 7) is 1.46. The number of hydrogen-bond acceptors (Lipinski definition) is 2. The quantitative estimate of drug-likeness (QED) is 0.891. The Labute approximate surface area is 112 Å². The molecule has 1 heterocycles. The summed E-state index contributed by atoms with van der Waals surface area (Å²) in [5, 5.41) is 9.31. The van der Waals surface area contributed by atoms with E-state index >= 15 is 0 Å². The van der Waals surface area contributed by atoms with Gasteiger partial charge in [-0.2, -0.15) is 0 Å². The summed E-state index contributed by atoms with van der Waals surface area (Å²) in [5.74, 6) is -1.03. The minimum absolute atomic E-state index is 0.292. The Morgan fingerprint density at radius 2 is 1.95 bits per heavy atom. The maximum Gasteiger partial charge on any atom is 0.306 e. The van der Waals surface area contributed by atoms with Crippen LogP contribution in [-0.2, 0) is 16.0 Å². The molecule has 1 saturated heterocycles. The minimum atomic E-state index is -0.768. The van der Waals surface area contributed by atoms with Crippen molar-refractivity contribution in [3.05, 3.63) is 35.6 Å². The number of carbonyl (C=O) groups is 1. The van der Waals surface area contributed by atoms with Gasteiger partial charge in [0.25, 0.3) is 0 Å². The molecule has 0 bridgehead atoms. The Balaban J connectivity index is 1.95. The first-order chi connectivity index (χ1) is 9.15. The van der Waals surface area contributed by atoms with E-state index in [-0.39, 0.29) is 5.82 Å². The summed E-state index contributed by atoms with van der Waals surface area (Å²) in [7, 11) is 0. The Bertz CT molecular complexity index is 410. The second kappa shape index (κ2) is 6.66. The van der Waals surface area contributed by atoms with E-state index in [4.69, 9.17) is 4.74 Å². The van der Waals surface area contributed by atoms with E-state index in [1.807, 2.05) is 0 Å². The van der Waals surface area contributed by atoms with Crippen molar-refractivity contribution in [2.75, 3.05) is 13.2 Å². The van der Waals surface area contributed by atoms with Crippen molar-refractivity contribution in [3.8, 4) is 0 Å². The van der Waals surface area contributed by atoms with Crippen LogP contribution in [0.5, 0.6) is 0 Å². The predicted octanol–water partition coefficient (Wildman–Crippen LogP) is 2.89. The normalized spacial score (nSPS) is 18.2. The van der Waals surface area contributed by atoms with E-state index in [0.717, 1.165) is 31.6 Å². The number of aliphatic carboxylic acids is 1. The van der Waals surface area contributed by atoms with Gasteiger partial charge in [-0.15, -0.1) is 0 Å². The van der Waals surface area contributed by atoms with Gasteiger partial charge in [0.2, 0.25) is 0 Å². The molecule has 1 atom stereocenters. The fourth-order valence-corrected chi connectivity index (χ4v) is 2.56. The number of hydrogen-bond donors (Lipinski definition) is 1. The van der Waals surface area contributed by atoms with E-state index < -0.39 is 11.9 Å². The van der Waals surface area contributed by atoms with Crippen LogP contribution in [0, 0.1) is 17.7 Å². The lowest BCUT2D eigenvalue weighted by Gasteiger charge is -2.24. The number of carboxylic acids is 1. The average molecular weight is 266 g/mol. The summed E-state index contributed by atoms with van der Waals surface area (Å²) < 4.78 is 18.1. The highest BCUT2D eigenvalue weighted by molar-refractivity contribution is 5.70. The minimum Gasteiger partial charge on any atom is -0.481 e. The van der Waals surface area contributed by atoms with E-state index in [1.54, 1.807) is 12.1 Å². The SMILES string of the molecule is O=C(O)C(Cc1ccc(F)cc1)CC1CCOCC1. The highest BCUT2D eigenvalue weighted by Crippen LogP contribution is 2.25. The third-order valence-electron chi connectivity index (χ3n) is 3.70. The summed E-state index contributed by atoms with van der Waals surface area (Å²) in [5.41, 5.74) is 0.876. The zero-order valence-electron chi connectivity index (χ0n) is 10.8. The van der Waals surface area contributed by atoms with Crippen LogP contribution in [0.25, 0.3) is 0 Å². The molecule has 0 aliphatic carbocycles. The molecule has 1 unspecified atom stereocenters. The second-order valence-corrected chi connectivity index (χ2v) is 5.16. The van der Waals surface area contributed by atoms with Crippen LogP contribution in [0.1, 0.15) is 24.8 Å². The van der Waals surface area contributed by atoms with Gasteiger partial charge in [-0.05, 0) is 49.3 Å². The molecule has 1 aliphatic heterocycles. The van der Waals surface area contributed by atoms with E-state index in [2.05, 4.69) is 0 Å². The molecule has 3 nitrogen and oxygen atoms in total. The molecule has 0 aromatic heterocycles. The van der Waals surface area contributed by atoms with Crippen LogP contribution in [0.15, 0.2) is 24.3 Å². The number of halogens is 1. The highest BCUT2D eigenvalue weighted by Gasteiger charge is 2.24. The largest absolute Gasteiger partial charge is 0.481 e. The van der Waals surface area contributed by atoms with Gasteiger partial charge in [0, 0.05) is 13.2 Å². The highest BCUT2D eigenvalue weighted by atomic mass is 19.1. The van der Waals surface area contributed by atoms with E-state index in [1.165, 1.54) is 12.1 Å². The van der Waals surface area contributed by atoms with Crippen molar-refractivity contribution in [2.45, 2.75) is 25.7 Å². The Morgan fingerprint density at radius 1 is 1.32 bits per heavy atom. The van der Waals surface area contributed by atoms with Crippen LogP contribution in [-0.4, -0.2) is 24.3 Å². The molecule has 0 spiro atoms. The van der Waals surface area contributed by atoms with Gasteiger partial charge in [0.1, 0.15) is 5.82 Å². The van der Waals surface area contributed by atoms with Gasteiger partial charge < -0.3 is 9.84 Å². The van der Waals surface area contributed by atoms with Gasteiger partial charge in [0.15, 0.2) is 0 Å². The molecule has 1 N–H and O–H groups in total. The topological polar surface area (TPSA) is 46.5 Å². The molecular formula is C15H19FO3. The zero-order chi connectivity index (χ0) is 13.7. The number of carboxylic acid groups (broad SMARTS) is 1. The van der Waals surface area contributed by atoms with Gasteiger partial charge in [-0.25, -0.2) is 4.39 Å². The molecule has 104 valence electrons. The van der Waals surface area contributed by atoms with Gasteiger partial charge in [0.05, 0.1) is 5.92 Å². The first-order valence-corrected chi connectivity index (χ1v) is 6.70. The lowest BCUT2D eigenvalue weighted by Crippen LogP contribution is -2.24. The predicted molar refractivity (Wildman–Crippen MR) is 69.4 cm³/mol. The zero-order valence-corrected chi connectivity index (χ0v) is 10.8. The molecular weight excluding hydrogens is 247 g/mol. The molecule has 1 aromatic rings. The van der Waals surface area contributed by atoms with Crippen LogP contribution in [0.3, 0.4) is 0 Å². The fraction of sp³-hybridized carbons (Fsp3) is 0.533. The second-order valence-electron chi connectivity index (χ2n) is 5.16. The molecule has 1 aliphatic rings. The first-order valence-electron chi connectivity index (χ1n) is 6.70. The van der Waals surface area contributed by atoms with Crippen molar-refractivity contribution >= 4 is 5.97 Å². The Morgan fingerprint density at radius 3 is 2.53 bits per heavy atom. The average Bonchev–Trinajstić information content (AvgIpc) is 2.41. The van der Waals surface area contributed by atoms with Crippen LogP contribution >= 0.6 is 0 Å². The Hall–Kier alpha value is -1.42. The molecule has 19 heavy (non-hydrogen) atoms. The molecule has 0 amide bonds. The summed E-state index contributed by atoms with van der Waals surface area (Å²) in [6.07, 6.45) is 3.02. The molecule has 0 saturated carbocycles. The maximum absolute atomic E-state index is 12.8. The summed E-state index contributed by atoms with van der Waals surface area (Å²) in [6, 6.07) is 6.08. The smallest absolute Gasteiger partial charge is 0.306 e. The third-order valence-corrected chi connectivity index (χ3v) is 3.70. The number of ether oxygens (including phenoxy) is 1. The van der Waals surface area contributed by atoms with Crippen LogP contribution < -0.4 is 0 Å². The van der Waals surface area contributed by atoms with Gasteiger partial charge in [-0.3, -0.25) is 4.79 Å². The van der Waals surface area contributed by atoms with Gasteiger partial charge in [-0.1, -0.05) is 12.1 Å². The Kier molecular flexibility index (Phi) is 4.91. The lowest BCUT2D eigenvalue weighted by atomic mass is 9.85. The number of rotatable bonds is 5. The first kappa shape index (κ1) is 14.0. The number of benzene rings is 1. The summed E-state index contributed by atoms with van der Waals surface area (Å²) in [4.78, 5) is 11.3. The van der Waals surface area contributed by atoms with E-state index in [9.17, 15) is 14.3 Å². The van der Waals surface area contributed by atoms with Crippen LogP contribution in [0.2, 0.25) is 0 Å². The van der Waals surface area contributed by atoms with Crippen LogP contribution in [0.4, 0.5) is 4.39 Å². The summed E-state index contributed by atoms with van der Waals surface area (Å²) >= 11 is 0. The lowest BCUT2D eigenvalue weighted by molar-refractivity contribution is -0.142. The molecule has 4 heteroatoms. The third kappa shape index (κ3) is 4.31. The maximum atomic E-state index is 12.8. The fourth-order valence-electron chi connectivity index (χ4n) is 2.56. The van der Waals surface area contributed by atoms with Crippen molar-refractivity contribution in [2.24, 2.45) is 11.8 Å². The van der Waals surface area contributed by atoms with Crippen molar-refractivity contribution in [1.29, 1.82) is 0 Å². The molecule has 1 fully saturated rings. The van der Waals surface area contributed by atoms with Crippen molar-refractivity contribution in [1.82, 2.24) is 0 Å². The van der Waals surface area contributed by atoms with E-state index in [0.29, 0.717) is 18.8 Å². The molecule has 1 aromatic carbocycles. The van der Waals surface area contributed by atoms with Crippen molar-refractivity contribution < 1.29 is 19.0 Å². The molecule has 2 rings (SSSR count). The monoisotopic (exact) mass is 266 g/mol. The van der Waals surface area contributed by atoms with Crippen molar-refractivity contribution in [3.63, 3.8) is 0 Å². The standard InChI is InChI=1S/C15H19FO3/c16-14-3-1-11(2-4-14)9-13(15(17)18)10-12-5-7-19-8-6-12/h1-4,12-13H,5-10H2,(H,17,18).